The predicted molar refractivity (Wildman–Crippen MR) is 88.6 cm³/mol. The van der Waals surface area contributed by atoms with Crippen molar-refractivity contribution in [1.82, 2.24) is 10.7 Å². The number of thiophene rings is 1. The van der Waals surface area contributed by atoms with Gasteiger partial charge in [-0.25, -0.2) is 0 Å². The van der Waals surface area contributed by atoms with Crippen molar-refractivity contribution in [1.29, 1.82) is 0 Å². The largest absolute Gasteiger partial charge is 0.357 e. The molecule has 3 nitrogen and oxygen atoms in total. The molecule has 6 heteroatoms. The summed E-state index contributed by atoms with van der Waals surface area (Å²) in [6, 6.07) is 12.1. The van der Waals surface area contributed by atoms with Crippen LogP contribution in [0.5, 0.6) is 0 Å². The molecule has 0 aliphatic carbocycles. The number of hydrogen-bond donors (Lipinski definition) is 2. The lowest BCUT2D eigenvalue weighted by atomic mass is 10.2. The first-order chi connectivity index (χ1) is 9.24. The number of nitrogens with zero attached hydrogens (tertiary/aromatic N) is 1. The maximum atomic E-state index is 5.13. The van der Waals surface area contributed by atoms with Crippen LogP contribution in [0.2, 0.25) is 0 Å². The second kappa shape index (κ2) is 7.37. The molecule has 0 amide bonds. The van der Waals surface area contributed by atoms with E-state index in [1.165, 1.54) is 5.56 Å². The van der Waals surface area contributed by atoms with Crippen LogP contribution in [0.15, 0.2) is 51.4 Å². The third kappa shape index (κ3) is 5.10. The Balaban J connectivity index is 1.74. The van der Waals surface area contributed by atoms with E-state index in [9.17, 15) is 0 Å². The normalized spacial score (nSPS) is 10.6. The van der Waals surface area contributed by atoms with Crippen molar-refractivity contribution in [3.8, 4) is 0 Å². The number of thiocarbonyl (C=S) groups is 1. The number of hydrogen-bond acceptors (Lipinski definition) is 3. The SMILES string of the molecule is S=C(NCc1ccccc1)N/N=C/c1cc(Br)cs1. The van der Waals surface area contributed by atoms with E-state index in [0.29, 0.717) is 11.7 Å². The van der Waals surface area contributed by atoms with Crippen LogP contribution in [0.1, 0.15) is 10.4 Å². The summed E-state index contributed by atoms with van der Waals surface area (Å²) in [6.45, 7) is 0.687. The molecule has 2 aromatic rings. The van der Waals surface area contributed by atoms with Gasteiger partial charge in [-0.15, -0.1) is 11.3 Å². The first-order valence-electron chi connectivity index (χ1n) is 5.59. The lowest BCUT2D eigenvalue weighted by molar-refractivity contribution is 0.869. The van der Waals surface area contributed by atoms with Gasteiger partial charge < -0.3 is 5.32 Å². The minimum atomic E-state index is 0.510. The maximum absolute atomic E-state index is 5.13. The smallest absolute Gasteiger partial charge is 0.187 e. The molecule has 0 radical (unpaired) electrons. The molecule has 19 heavy (non-hydrogen) atoms. The molecule has 1 heterocycles. The standard InChI is InChI=1S/C13H12BrN3S2/c14-11-6-12(19-9-11)8-16-17-13(18)15-7-10-4-2-1-3-5-10/h1-6,8-9H,7H2,(H2,15,17,18)/b16-8+. The van der Waals surface area contributed by atoms with Crippen molar-refractivity contribution < 1.29 is 0 Å². The number of hydrazone groups is 1. The number of rotatable bonds is 4. The number of halogens is 1. The summed E-state index contributed by atoms with van der Waals surface area (Å²) >= 11 is 10.1. The Hall–Kier alpha value is -1.24. The zero-order valence-corrected chi connectivity index (χ0v) is 13.2. The molecule has 0 atom stereocenters. The minimum absolute atomic E-state index is 0.510. The van der Waals surface area contributed by atoms with Gasteiger partial charge in [-0.3, -0.25) is 5.43 Å². The molecule has 0 aliphatic heterocycles. The van der Waals surface area contributed by atoms with Crippen LogP contribution < -0.4 is 10.7 Å². The van der Waals surface area contributed by atoms with Crippen LogP contribution in [0.25, 0.3) is 0 Å². The summed E-state index contributed by atoms with van der Waals surface area (Å²) < 4.78 is 1.06. The first-order valence-corrected chi connectivity index (χ1v) is 7.67. The molecule has 2 rings (SSSR count). The Morgan fingerprint density at radius 1 is 1.37 bits per heavy atom. The van der Waals surface area contributed by atoms with Crippen LogP contribution in [0, 0.1) is 0 Å². The zero-order chi connectivity index (χ0) is 13.5. The van der Waals surface area contributed by atoms with E-state index in [1.807, 2.05) is 41.8 Å². The Morgan fingerprint density at radius 2 is 2.16 bits per heavy atom. The highest BCUT2D eigenvalue weighted by Gasteiger charge is 1.95. The third-order valence-corrected chi connectivity index (χ3v) is 4.11. The zero-order valence-electron chi connectivity index (χ0n) is 9.97. The molecular weight excluding hydrogens is 342 g/mol. The van der Waals surface area contributed by atoms with Crippen molar-refractivity contribution in [3.63, 3.8) is 0 Å². The van der Waals surface area contributed by atoms with Gasteiger partial charge >= 0.3 is 0 Å². The average Bonchev–Trinajstić information content (AvgIpc) is 2.83. The quantitative estimate of drug-likeness (QED) is 0.501. The topological polar surface area (TPSA) is 36.4 Å². The molecule has 0 spiro atoms. The van der Waals surface area contributed by atoms with Gasteiger partial charge in [0.25, 0.3) is 0 Å². The van der Waals surface area contributed by atoms with Crippen molar-refractivity contribution in [3.05, 3.63) is 56.7 Å². The van der Waals surface area contributed by atoms with Gasteiger partial charge in [0, 0.05) is 21.3 Å². The van der Waals surface area contributed by atoms with E-state index in [4.69, 9.17) is 12.2 Å². The Labute approximate surface area is 129 Å². The van der Waals surface area contributed by atoms with Gasteiger partial charge in [-0.05, 0) is 39.8 Å². The highest BCUT2D eigenvalue weighted by Crippen LogP contribution is 2.17. The Morgan fingerprint density at radius 3 is 2.84 bits per heavy atom. The maximum Gasteiger partial charge on any atom is 0.187 e. The minimum Gasteiger partial charge on any atom is -0.357 e. The summed E-state index contributed by atoms with van der Waals surface area (Å²) in [6.07, 6.45) is 1.74. The Kier molecular flexibility index (Phi) is 5.50. The van der Waals surface area contributed by atoms with Gasteiger partial charge in [0.2, 0.25) is 0 Å². The fourth-order valence-corrected chi connectivity index (χ4v) is 2.80. The van der Waals surface area contributed by atoms with Crippen LogP contribution in [0.3, 0.4) is 0 Å². The molecule has 0 saturated heterocycles. The number of nitrogens with one attached hydrogen (secondary N) is 2. The van der Waals surface area contributed by atoms with E-state index >= 15 is 0 Å². The van der Waals surface area contributed by atoms with Gasteiger partial charge in [-0.2, -0.15) is 5.10 Å². The molecule has 0 aliphatic rings. The van der Waals surface area contributed by atoms with E-state index in [-0.39, 0.29) is 0 Å². The summed E-state index contributed by atoms with van der Waals surface area (Å²) in [5.74, 6) is 0. The fraction of sp³-hybridized carbons (Fsp3) is 0.0769. The second-order valence-corrected chi connectivity index (χ2v) is 5.97. The monoisotopic (exact) mass is 353 g/mol. The summed E-state index contributed by atoms with van der Waals surface area (Å²) in [7, 11) is 0. The van der Waals surface area contributed by atoms with E-state index in [1.54, 1.807) is 17.6 Å². The van der Waals surface area contributed by atoms with E-state index in [2.05, 4.69) is 31.8 Å². The molecule has 98 valence electrons. The van der Waals surface area contributed by atoms with Crippen molar-refractivity contribution >= 4 is 50.8 Å². The van der Waals surface area contributed by atoms with Crippen molar-refractivity contribution in [2.24, 2.45) is 5.10 Å². The highest BCUT2D eigenvalue weighted by molar-refractivity contribution is 9.10. The van der Waals surface area contributed by atoms with E-state index in [0.717, 1.165) is 9.35 Å². The molecule has 0 fully saturated rings. The van der Waals surface area contributed by atoms with Gasteiger partial charge in [0.15, 0.2) is 5.11 Å². The molecule has 2 N–H and O–H groups in total. The molecule has 0 bridgehead atoms. The van der Waals surface area contributed by atoms with Gasteiger partial charge in [0.05, 0.1) is 6.21 Å². The van der Waals surface area contributed by atoms with Crippen LogP contribution in [-0.2, 0) is 6.54 Å². The lowest BCUT2D eigenvalue weighted by Gasteiger charge is -2.06. The summed E-state index contributed by atoms with van der Waals surface area (Å²) in [5, 5.41) is 9.69. The van der Waals surface area contributed by atoms with Crippen LogP contribution >= 0.6 is 39.5 Å². The van der Waals surface area contributed by atoms with Crippen molar-refractivity contribution in [2.75, 3.05) is 0 Å². The molecule has 0 unspecified atom stereocenters. The summed E-state index contributed by atoms with van der Waals surface area (Å²) in [4.78, 5) is 1.06. The molecule has 1 aromatic heterocycles. The van der Waals surface area contributed by atoms with Gasteiger partial charge in [0.1, 0.15) is 0 Å². The average molecular weight is 354 g/mol. The molecular formula is C13H12BrN3S2. The highest BCUT2D eigenvalue weighted by atomic mass is 79.9. The van der Waals surface area contributed by atoms with Crippen LogP contribution in [-0.4, -0.2) is 11.3 Å². The predicted octanol–water partition coefficient (Wildman–Crippen LogP) is 3.51. The molecule has 0 saturated carbocycles. The third-order valence-electron chi connectivity index (χ3n) is 2.24. The van der Waals surface area contributed by atoms with Gasteiger partial charge in [-0.1, -0.05) is 30.3 Å². The second-order valence-electron chi connectivity index (χ2n) is 3.71. The summed E-state index contributed by atoms with van der Waals surface area (Å²) in [5.41, 5.74) is 3.97. The molecule has 1 aromatic carbocycles. The van der Waals surface area contributed by atoms with E-state index < -0.39 is 0 Å². The van der Waals surface area contributed by atoms with Crippen molar-refractivity contribution in [2.45, 2.75) is 6.54 Å². The Bertz CT molecular complexity index is 566. The fourth-order valence-electron chi connectivity index (χ4n) is 1.37. The first kappa shape index (κ1) is 14.2. The lowest BCUT2D eigenvalue weighted by Crippen LogP contribution is -2.31. The number of benzene rings is 1. The van der Waals surface area contributed by atoms with Crippen LogP contribution in [0.4, 0.5) is 0 Å².